The number of rotatable bonds is 12. The molecule has 1 amide bonds. The summed E-state index contributed by atoms with van der Waals surface area (Å²) < 4.78 is 4.92. The largest absolute Gasteiger partial charge is 0.361 e. The van der Waals surface area contributed by atoms with Gasteiger partial charge in [-0.2, -0.15) is 0 Å². The van der Waals surface area contributed by atoms with Gasteiger partial charge >= 0.3 is 0 Å². The average Bonchev–Trinajstić information content (AvgIpc) is 2.92. The SMILES string of the molecule is CCCCCCCCCCC[C@@H](C)NC(=O)c1cc(C)on1. The van der Waals surface area contributed by atoms with Crippen LogP contribution in [0, 0.1) is 6.92 Å². The Kier molecular flexibility index (Phi) is 9.60. The number of nitrogens with zero attached hydrogens (tertiary/aromatic N) is 1. The van der Waals surface area contributed by atoms with Crippen LogP contribution in [0.5, 0.6) is 0 Å². The van der Waals surface area contributed by atoms with Crippen molar-refractivity contribution in [2.24, 2.45) is 0 Å². The Morgan fingerprint density at radius 3 is 2.27 bits per heavy atom. The first kappa shape index (κ1) is 18.7. The molecule has 126 valence electrons. The molecule has 4 heteroatoms. The Labute approximate surface area is 135 Å². The van der Waals surface area contributed by atoms with Gasteiger partial charge in [-0.25, -0.2) is 0 Å². The maximum absolute atomic E-state index is 11.9. The molecule has 0 spiro atoms. The van der Waals surface area contributed by atoms with E-state index in [2.05, 4.69) is 24.3 Å². The Bertz CT molecular complexity index is 415. The molecule has 0 saturated heterocycles. The molecule has 0 fully saturated rings. The molecule has 0 bridgehead atoms. The monoisotopic (exact) mass is 308 g/mol. The summed E-state index contributed by atoms with van der Waals surface area (Å²) in [5.74, 6) is 0.525. The first-order chi connectivity index (χ1) is 10.6. The molecule has 1 rings (SSSR count). The van der Waals surface area contributed by atoms with E-state index >= 15 is 0 Å². The summed E-state index contributed by atoms with van der Waals surface area (Å²) in [7, 11) is 0. The highest BCUT2D eigenvalue weighted by atomic mass is 16.5. The molecule has 0 saturated carbocycles. The summed E-state index contributed by atoms with van der Waals surface area (Å²) in [4.78, 5) is 11.9. The molecule has 4 nitrogen and oxygen atoms in total. The molecule has 0 aliphatic rings. The van der Waals surface area contributed by atoms with E-state index in [4.69, 9.17) is 4.52 Å². The predicted molar refractivity (Wildman–Crippen MR) is 90.0 cm³/mol. The van der Waals surface area contributed by atoms with Gasteiger partial charge in [0.25, 0.3) is 5.91 Å². The Hall–Kier alpha value is -1.32. The lowest BCUT2D eigenvalue weighted by atomic mass is 10.0. The van der Waals surface area contributed by atoms with Gasteiger partial charge in [-0.05, 0) is 20.3 Å². The van der Waals surface area contributed by atoms with Crippen LogP contribution < -0.4 is 5.32 Å². The average molecular weight is 308 g/mol. The molecule has 0 radical (unpaired) electrons. The first-order valence-corrected chi connectivity index (χ1v) is 8.87. The summed E-state index contributed by atoms with van der Waals surface area (Å²) in [6.07, 6.45) is 13.0. The van der Waals surface area contributed by atoms with E-state index in [1.807, 2.05) is 0 Å². The van der Waals surface area contributed by atoms with Gasteiger partial charge in [-0.15, -0.1) is 0 Å². The van der Waals surface area contributed by atoms with E-state index in [0.717, 1.165) is 6.42 Å². The molecule has 1 aromatic heterocycles. The first-order valence-electron chi connectivity index (χ1n) is 8.87. The zero-order valence-electron chi connectivity index (χ0n) is 14.5. The molecule has 22 heavy (non-hydrogen) atoms. The van der Waals surface area contributed by atoms with E-state index in [1.165, 1.54) is 57.8 Å². The molecule has 0 unspecified atom stereocenters. The van der Waals surface area contributed by atoms with Gasteiger partial charge in [0.1, 0.15) is 5.76 Å². The normalized spacial score (nSPS) is 12.3. The molecule has 1 N–H and O–H groups in total. The third-order valence-corrected chi connectivity index (χ3v) is 3.98. The van der Waals surface area contributed by atoms with Gasteiger partial charge in [0.05, 0.1) is 0 Å². The molecule has 0 aromatic carbocycles. The Morgan fingerprint density at radius 1 is 1.14 bits per heavy atom. The van der Waals surface area contributed by atoms with Crippen LogP contribution in [-0.2, 0) is 0 Å². The minimum atomic E-state index is -0.139. The number of unbranched alkanes of at least 4 members (excludes halogenated alkanes) is 8. The van der Waals surface area contributed by atoms with E-state index in [0.29, 0.717) is 11.5 Å². The summed E-state index contributed by atoms with van der Waals surface area (Å²) >= 11 is 0. The van der Waals surface area contributed by atoms with Crippen LogP contribution in [0.1, 0.15) is 94.3 Å². The maximum atomic E-state index is 11.9. The van der Waals surface area contributed by atoms with Crippen LogP contribution in [0.25, 0.3) is 0 Å². The highest BCUT2D eigenvalue weighted by Gasteiger charge is 2.13. The Morgan fingerprint density at radius 2 is 1.73 bits per heavy atom. The van der Waals surface area contributed by atoms with Crippen LogP contribution in [0.3, 0.4) is 0 Å². The number of nitrogens with one attached hydrogen (secondary N) is 1. The summed E-state index contributed by atoms with van der Waals surface area (Å²) in [6.45, 7) is 6.09. The topological polar surface area (TPSA) is 55.1 Å². The molecular formula is C18H32N2O2. The van der Waals surface area contributed by atoms with Crippen molar-refractivity contribution in [2.45, 2.75) is 91.0 Å². The summed E-state index contributed by atoms with van der Waals surface area (Å²) in [5, 5.41) is 6.71. The fourth-order valence-electron chi connectivity index (χ4n) is 2.60. The van der Waals surface area contributed by atoms with E-state index < -0.39 is 0 Å². The van der Waals surface area contributed by atoms with E-state index in [9.17, 15) is 4.79 Å². The molecular weight excluding hydrogens is 276 g/mol. The smallest absolute Gasteiger partial charge is 0.273 e. The zero-order chi connectivity index (χ0) is 16.2. The fourth-order valence-corrected chi connectivity index (χ4v) is 2.60. The summed E-state index contributed by atoms with van der Waals surface area (Å²) in [5.41, 5.74) is 0.372. The molecule has 0 aliphatic carbocycles. The van der Waals surface area contributed by atoms with Crippen molar-refractivity contribution in [3.63, 3.8) is 0 Å². The minimum Gasteiger partial charge on any atom is -0.361 e. The highest BCUT2D eigenvalue weighted by molar-refractivity contribution is 5.92. The van der Waals surface area contributed by atoms with E-state index in [-0.39, 0.29) is 11.9 Å². The van der Waals surface area contributed by atoms with Crippen LogP contribution in [0.4, 0.5) is 0 Å². The van der Waals surface area contributed by atoms with E-state index in [1.54, 1.807) is 13.0 Å². The second-order valence-electron chi connectivity index (χ2n) is 6.31. The van der Waals surface area contributed by atoms with Crippen LogP contribution in [0.15, 0.2) is 10.6 Å². The quantitative estimate of drug-likeness (QED) is 0.551. The van der Waals surface area contributed by atoms with Crippen molar-refractivity contribution in [1.82, 2.24) is 10.5 Å². The third kappa shape index (κ3) is 8.20. The number of carbonyl (C=O) groups is 1. The molecule has 0 aliphatic heterocycles. The second-order valence-corrected chi connectivity index (χ2v) is 6.31. The zero-order valence-corrected chi connectivity index (χ0v) is 14.5. The highest BCUT2D eigenvalue weighted by Crippen LogP contribution is 2.11. The lowest BCUT2D eigenvalue weighted by molar-refractivity contribution is 0.0928. The number of hydrogen-bond donors (Lipinski definition) is 1. The van der Waals surface area contributed by atoms with Gasteiger partial charge in [0.15, 0.2) is 5.69 Å². The predicted octanol–water partition coefficient (Wildman–Crippen LogP) is 5.02. The number of aryl methyl sites for hydroxylation is 1. The number of hydrogen-bond acceptors (Lipinski definition) is 3. The fraction of sp³-hybridized carbons (Fsp3) is 0.778. The van der Waals surface area contributed by atoms with Crippen molar-refractivity contribution >= 4 is 5.91 Å². The summed E-state index contributed by atoms with van der Waals surface area (Å²) in [6, 6.07) is 1.86. The minimum absolute atomic E-state index is 0.139. The van der Waals surface area contributed by atoms with Gasteiger partial charge in [0, 0.05) is 12.1 Å². The van der Waals surface area contributed by atoms with Crippen molar-refractivity contribution in [2.75, 3.05) is 0 Å². The van der Waals surface area contributed by atoms with Crippen molar-refractivity contribution in [1.29, 1.82) is 0 Å². The van der Waals surface area contributed by atoms with Crippen molar-refractivity contribution in [3.05, 3.63) is 17.5 Å². The van der Waals surface area contributed by atoms with Gasteiger partial charge in [-0.3, -0.25) is 4.79 Å². The number of carbonyl (C=O) groups excluding carboxylic acids is 1. The lowest BCUT2D eigenvalue weighted by Gasteiger charge is -2.12. The molecule has 1 heterocycles. The van der Waals surface area contributed by atoms with Crippen molar-refractivity contribution < 1.29 is 9.32 Å². The maximum Gasteiger partial charge on any atom is 0.273 e. The lowest BCUT2D eigenvalue weighted by Crippen LogP contribution is -2.32. The Balaban J connectivity index is 1.99. The molecule has 1 atom stereocenters. The van der Waals surface area contributed by atoms with Crippen LogP contribution >= 0.6 is 0 Å². The third-order valence-electron chi connectivity index (χ3n) is 3.98. The van der Waals surface area contributed by atoms with Gasteiger partial charge in [-0.1, -0.05) is 69.9 Å². The standard InChI is InChI=1S/C18H32N2O2/c1-4-5-6-7-8-9-10-11-12-13-15(2)19-18(21)17-14-16(3)22-20-17/h14-15H,4-13H2,1-3H3,(H,19,21)/t15-/m1/s1. The van der Waals surface area contributed by atoms with Crippen LogP contribution in [0.2, 0.25) is 0 Å². The van der Waals surface area contributed by atoms with Gasteiger partial charge < -0.3 is 9.84 Å². The number of amides is 1. The van der Waals surface area contributed by atoms with Gasteiger partial charge in [0.2, 0.25) is 0 Å². The van der Waals surface area contributed by atoms with Crippen LogP contribution in [-0.4, -0.2) is 17.1 Å². The second kappa shape index (κ2) is 11.3. The molecule has 1 aromatic rings. The van der Waals surface area contributed by atoms with Crippen molar-refractivity contribution in [3.8, 4) is 0 Å². The number of aromatic nitrogens is 1.